The van der Waals surface area contributed by atoms with Gasteiger partial charge in [0.1, 0.15) is 0 Å². The van der Waals surface area contributed by atoms with Crippen LogP contribution in [0.25, 0.3) is 0 Å². The fourth-order valence-corrected chi connectivity index (χ4v) is 4.24. The van der Waals surface area contributed by atoms with Crippen molar-refractivity contribution in [3.05, 3.63) is 34.3 Å². The van der Waals surface area contributed by atoms with Gasteiger partial charge >= 0.3 is 0 Å². The van der Waals surface area contributed by atoms with E-state index in [1.807, 2.05) is 19.1 Å². The third-order valence-electron chi connectivity index (χ3n) is 5.73. The number of nitrogens with one attached hydrogen (secondary N) is 2. The maximum absolute atomic E-state index is 12.5. The van der Waals surface area contributed by atoms with Gasteiger partial charge in [-0.3, -0.25) is 14.5 Å². The summed E-state index contributed by atoms with van der Waals surface area (Å²) >= 11 is 6.07. The molecule has 1 aromatic carbocycles. The number of nitrogens with zero attached hydrogens (tertiary/aromatic N) is 1. The largest absolute Gasteiger partial charge is 0.355 e. The van der Waals surface area contributed by atoms with Crippen LogP contribution in [0.5, 0.6) is 0 Å². The highest BCUT2D eigenvalue weighted by Crippen LogP contribution is 2.53. The summed E-state index contributed by atoms with van der Waals surface area (Å²) in [5, 5.41) is 6.75. The smallest absolute Gasteiger partial charge is 0.251 e. The summed E-state index contributed by atoms with van der Waals surface area (Å²) in [6.07, 6.45) is 3.10. The second-order valence-electron chi connectivity index (χ2n) is 8.58. The second kappa shape index (κ2) is 8.19. The van der Waals surface area contributed by atoms with Gasteiger partial charge in [-0.2, -0.15) is 0 Å². The summed E-state index contributed by atoms with van der Waals surface area (Å²) in [7, 11) is 0. The van der Waals surface area contributed by atoms with E-state index in [1.54, 1.807) is 6.07 Å². The Labute approximate surface area is 166 Å². The van der Waals surface area contributed by atoms with Gasteiger partial charge in [0.15, 0.2) is 0 Å². The van der Waals surface area contributed by atoms with Crippen molar-refractivity contribution in [2.24, 2.45) is 11.3 Å². The molecule has 0 bridgehead atoms. The Morgan fingerprint density at radius 3 is 2.59 bits per heavy atom. The van der Waals surface area contributed by atoms with Crippen molar-refractivity contribution in [1.29, 1.82) is 0 Å². The highest BCUT2D eigenvalue weighted by atomic mass is 35.5. The summed E-state index contributed by atoms with van der Waals surface area (Å²) in [5.41, 5.74) is 1.83. The summed E-state index contributed by atoms with van der Waals surface area (Å²) < 4.78 is 0. The average molecular weight is 392 g/mol. The minimum Gasteiger partial charge on any atom is -0.355 e. The lowest BCUT2D eigenvalue weighted by molar-refractivity contribution is -0.122. The lowest BCUT2D eigenvalue weighted by Crippen LogP contribution is -2.44. The van der Waals surface area contributed by atoms with Crippen molar-refractivity contribution >= 4 is 23.4 Å². The number of carbonyl (C=O) groups is 2. The van der Waals surface area contributed by atoms with E-state index in [1.165, 1.54) is 0 Å². The molecule has 6 heteroatoms. The Morgan fingerprint density at radius 2 is 1.96 bits per heavy atom. The Kier molecular flexibility index (Phi) is 6.11. The third kappa shape index (κ3) is 5.23. The normalized spacial score (nSPS) is 21.3. The molecule has 5 nitrogen and oxygen atoms in total. The molecule has 3 rings (SSSR count). The molecule has 27 heavy (non-hydrogen) atoms. The summed E-state index contributed by atoms with van der Waals surface area (Å²) in [6, 6.07) is 5.68. The first-order valence-corrected chi connectivity index (χ1v) is 10.2. The molecule has 1 atom stereocenters. The Balaban J connectivity index is 1.45. The quantitative estimate of drug-likeness (QED) is 0.783. The van der Waals surface area contributed by atoms with Crippen molar-refractivity contribution in [2.75, 3.05) is 26.2 Å². The van der Waals surface area contributed by atoms with Gasteiger partial charge < -0.3 is 10.6 Å². The average Bonchev–Trinajstić information content (AvgIpc) is 3.26. The van der Waals surface area contributed by atoms with Crippen LogP contribution in [0.2, 0.25) is 5.02 Å². The van der Waals surface area contributed by atoms with Crippen molar-refractivity contribution in [1.82, 2.24) is 15.5 Å². The molecule has 148 valence electrons. The predicted octanol–water partition coefficient (Wildman–Crippen LogP) is 3.00. The van der Waals surface area contributed by atoms with E-state index >= 15 is 0 Å². The zero-order valence-corrected chi connectivity index (χ0v) is 17.2. The first-order valence-electron chi connectivity index (χ1n) is 9.84. The van der Waals surface area contributed by atoms with Gasteiger partial charge in [0, 0.05) is 23.2 Å². The van der Waals surface area contributed by atoms with E-state index in [-0.39, 0.29) is 23.3 Å². The number of carbonyl (C=O) groups excluding carboxylic acids is 2. The highest BCUT2D eigenvalue weighted by Gasteiger charge is 2.55. The van der Waals surface area contributed by atoms with E-state index in [0.29, 0.717) is 23.0 Å². The van der Waals surface area contributed by atoms with Crippen LogP contribution in [0.3, 0.4) is 0 Å². The summed E-state index contributed by atoms with van der Waals surface area (Å²) in [6.45, 7) is 9.16. The topological polar surface area (TPSA) is 61.4 Å². The Hall–Kier alpha value is -1.59. The third-order valence-corrected chi connectivity index (χ3v) is 5.94. The molecule has 1 aliphatic heterocycles. The minimum absolute atomic E-state index is 0.0435. The van der Waals surface area contributed by atoms with Crippen LogP contribution < -0.4 is 10.6 Å². The molecule has 2 aliphatic rings. The van der Waals surface area contributed by atoms with Crippen LogP contribution >= 0.6 is 11.6 Å². The SMILES string of the molecule is Cc1cc(Cl)cc(C(=O)N[C@H]2CC23CCN(CC(=O)NCC(C)C)CC3)c1. The number of hydrogen-bond acceptors (Lipinski definition) is 3. The van der Waals surface area contributed by atoms with Crippen LogP contribution in [0.4, 0.5) is 0 Å². The van der Waals surface area contributed by atoms with Crippen LogP contribution in [-0.2, 0) is 4.79 Å². The van der Waals surface area contributed by atoms with E-state index in [2.05, 4.69) is 29.4 Å². The standard InChI is InChI=1S/C21H30ClN3O2/c1-14(2)12-23-19(26)13-25-6-4-21(5-7-25)11-18(21)24-20(27)16-8-15(3)9-17(22)10-16/h8-10,14,18H,4-7,11-13H2,1-3H3,(H,23,26)(H,24,27)/t18-/m0/s1. The lowest BCUT2D eigenvalue weighted by atomic mass is 9.92. The highest BCUT2D eigenvalue weighted by molar-refractivity contribution is 6.31. The van der Waals surface area contributed by atoms with E-state index in [4.69, 9.17) is 11.6 Å². The Bertz CT molecular complexity index is 691. The first kappa shape index (κ1) is 20.2. The maximum Gasteiger partial charge on any atom is 0.251 e. The lowest BCUT2D eigenvalue weighted by Gasteiger charge is -2.32. The van der Waals surface area contributed by atoms with Crippen molar-refractivity contribution in [3.63, 3.8) is 0 Å². The molecule has 1 heterocycles. The number of piperidine rings is 1. The van der Waals surface area contributed by atoms with E-state index < -0.39 is 0 Å². The molecule has 1 aromatic rings. The van der Waals surface area contributed by atoms with Crippen molar-refractivity contribution in [2.45, 2.75) is 46.1 Å². The monoisotopic (exact) mass is 391 g/mol. The minimum atomic E-state index is -0.0435. The number of aryl methyl sites for hydroxylation is 1. The van der Waals surface area contributed by atoms with Crippen LogP contribution in [0, 0.1) is 18.3 Å². The van der Waals surface area contributed by atoms with E-state index in [0.717, 1.165) is 44.5 Å². The summed E-state index contributed by atoms with van der Waals surface area (Å²) in [5.74, 6) is 0.535. The predicted molar refractivity (Wildman–Crippen MR) is 108 cm³/mol. The van der Waals surface area contributed by atoms with Crippen molar-refractivity contribution in [3.8, 4) is 0 Å². The molecule has 2 N–H and O–H groups in total. The number of rotatable bonds is 6. The molecule has 2 amide bonds. The molecule has 2 fully saturated rings. The Morgan fingerprint density at radius 1 is 1.26 bits per heavy atom. The second-order valence-corrected chi connectivity index (χ2v) is 9.02. The van der Waals surface area contributed by atoms with Crippen LogP contribution in [0.1, 0.15) is 49.0 Å². The number of hydrogen-bond donors (Lipinski definition) is 2. The van der Waals surface area contributed by atoms with Gasteiger partial charge in [-0.25, -0.2) is 0 Å². The molecular formula is C21H30ClN3O2. The van der Waals surface area contributed by atoms with Gasteiger partial charge in [0.25, 0.3) is 5.91 Å². The van der Waals surface area contributed by atoms with E-state index in [9.17, 15) is 9.59 Å². The summed E-state index contributed by atoms with van der Waals surface area (Å²) in [4.78, 5) is 26.7. The van der Waals surface area contributed by atoms with Crippen molar-refractivity contribution < 1.29 is 9.59 Å². The molecule has 1 spiro atoms. The molecular weight excluding hydrogens is 362 g/mol. The molecule has 0 radical (unpaired) electrons. The number of likely N-dealkylation sites (tertiary alicyclic amines) is 1. The zero-order chi connectivity index (χ0) is 19.6. The van der Waals surface area contributed by atoms with Crippen LogP contribution in [0.15, 0.2) is 18.2 Å². The molecule has 0 unspecified atom stereocenters. The fourth-order valence-electron chi connectivity index (χ4n) is 3.95. The maximum atomic E-state index is 12.5. The van der Waals surface area contributed by atoms with Crippen LogP contribution in [-0.4, -0.2) is 48.9 Å². The van der Waals surface area contributed by atoms with Gasteiger partial charge in [0.05, 0.1) is 6.54 Å². The number of benzene rings is 1. The van der Waals surface area contributed by atoms with Gasteiger partial charge in [-0.05, 0) is 74.4 Å². The molecule has 1 saturated carbocycles. The molecule has 0 aromatic heterocycles. The number of amides is 2. The fraction of sp³-hybridized carbons (Fsp3) is 0.619. The number of halogens is 1. The molecule has 1 aliphatic carbocycles. The first-order chi connectivity index (χ1) is 12.8. The van der Waals surface area contributed by atoms with Gasteiger partial charge in [-0.15, -0.1) is 0 Å². The van der Waals surface area contributed by atoms with Gasteiger partial charge in [-0.1, -0.05) is 25.4 Å². The van der Waals surface area contributed by atoms with Gasteiger partial charge in [0.2, 0.25) is 5.91 Å². The zero-order valence-electron chi connectivity index (χ0n) is 16.5. The molecule has 1 saturated heterocycles.